The molecule has 10 heteroatoms. The van der Waals surface area contributed by atoms with E-state index in [1.165, 1.54) is 11.8 Å². The lowest BCUT2D eigenvalue weighted by Crippen LogP contribution is -2.40. The third-order valence-corrected chi connectivity index (χ3v) is 6.46. The molecule has 1 fully saturated rings. The van der Waals surface area contributed by atoms with E-state index in [4.69, 9.17) is 9.15 Å². The molecule has 3 heterocycles. The number of aromatic nitrogens is 3. The van der Waals surface area contributed by atoms with Gasteiger partial charge in [-0.3, -0.25) is 14.2 Å². The number of thioether (sulfide) groups is 1. The number of fused-ring (bicyclic) bond motifs is 1. The van der Waals surface area contributed by atoms with E-state index in [0.717, 1.165) is 11.3 Å². The minimum Gasteiger partial charge on any atom is -0.449 e. The summed E-state index contributed by atoms with van der Waals surface area (Å²) in [5.74, 6) is -0.313. The molecule has 34 heavy (non-hydrogen) atoms. The summed E-state index contributed by atoms with van der Waals surface area (Å²) in [6.45, 7) is 3.94. The first-order valence-corrected chi connectivity index (χ1v) is 11.9. The van der Waals surface area contributed by atoms with Crippen molar-refractivity contribution in [2.24, 2.45) is 0 Å². The summed E-state index contributed by atoms with van der Waals surface area (Å²) in [6, 6.07) is 15.2. The molecule has 2 amide bonds. The molecule has 0 atom stereocenters. The number of hydrogen-bond acceptors (Lipinski definition) is 7. The van der Waals surface area contributed by atoms with Crippen LogP contribution in [-0.2, 0) is 9.53 Å². The predicted octanol–water partition coefficient (Wildman–Crippen LogP) is 3.53. The number of carbonyl (C=O) groups is 2. The average molecular weight is 478 g/mol. The molecule has 4 aromatic rings. The minimum atomic E-state index is -0.272. The molecule has 0 saturated carbocycles. The van der Waals surface area contributed by atoms with Gasteiger partial charge < -0.3 is 19.4 Å². The van der Waals surface area contributed by atoms with Gasteiger partial charge in [0.2, 0.25) is 11.7 Å². The first-order valence-electron chi connectivity index (χ1n) is 10.9. The number of ether oxygens (including phenoxy) is 1. The maximum absolute atomic E-state index is 13.1. The standard InChI is InChI=1S/C24H23N5O4S/c1-16-6-8-17(9-7-16)29-15-25-27-24(29)34-14-20(30)26-21-18-4-2-3-5-19(18)33-22(21)23(31)28-10-12-32-13-11-28/h2-9,15H,10-14H2,1H3,(H,26,30). The number of amides is 2. The fourth-order valence-corrected chi connectivity index (χ4v) is 4.47. The van der Waals surface area contributed by atoms with Crippen LogP contribution in [0.25, 0.3) is 16.7 Å². The summed E-state index contributed by atoms with van der Waals surface area (Å²) in [6.07, 6.45) is 1.62. The van der Waals surface area contributed by atoms with Gasteiger partial charge in [-0.1, -0.05) is 41.6 Å². The molecule has 174 valence electrons. The Labute approximate surface area is 200 Å². The maximum Gasteiger partial charge on any atom is 0.291 e. The second-order valence-corrected chi connectivity index (χ2v) is 8.81. The zero-order valence-electron chi connectivity index (χ0n) is 18.6. The highest BCUT2D eigenvalue weighted by atomic mass is 32.2. The molecule has 0 bridgehead atoms. The molecule has 1 N–H and O–H groups in total. The molecule has 0 radical (unpaired) electrons. The number of aryl methyl sites for hydroxylation is 1. The summed E-state index contributed by atoms with van der Waals surface area (Å²) in [7, 11) is 0. The van der Waals surface area contributed by atoms with Crippen LogP contribution in [0.2, 0.25) is 0 Å². The van der Waals surface area contributed by atoms with E-state index in [1.54, 1.807) is 17.3 Å². The molecule has 1 saturated heterocycles. The van der Waals surface area contributed by atoms with Crippen molar-refractivity contribution in [3.63, 3.8) is 0 Å². The van der Waals surface area contributed by atoms with Crippen LogP contribution in [0.15, 0.2) is 64.4 Å². The van der Waals surface area contributed by atoms with Crippen molar-refractivity contribution in [1.29, 1.82) is 0 Å². The lowest BCUT2D eigenvalue weighted by molar-refractivity contribution is -0.113. The van der Waals surface area contributed by atoms with Crippen LogP contribution in [0.5, 0.6) is 0 Å². The van der Waals surface area contributed by atoms with Crippen molar-refractivity contribution in [3.05, 3.63) is 66.2 Å². The molecule has 2 aromatic heterocycles. The Morgan fingerprint density at radius 2 is 1.85 bits per heavy atom. The highest BCUT2D eigenvalue weighted by molar-refractivity contribution is 7.99. The number of rotatable bonds is 6. The number of nitrogens with one attached hydrogen (secondary N) is 1. The molecule has 0 unspecified atom stereocenters. The zero-order valence-corrected chi connectivity index (χ0v) is 19.4. The third-order valence-electron chi connectivity index (χ3n) is 5.51. The van der Waals surface area contributed by atoms with Crippen LogP contribution >= 0.6 is 11.8 Å². The predicted molar refractivity (Wildman–Crippen MR) is 128 cm³/mol. The summed E-state index contributed by atoms with van der Waals surface area (Å²) in [4.78, 5) is 27.7. The van der Waals surface area contributed by atoms with Crippen molar-refractivity contribution in [2.45, 2.75) is 12.1 Å². The third kappa shape index (κ3) is 4.55. The maximum atomic E-state index is 13.1. The first kappa shape index (κ1) is 22.2. The Bertz CT molecular complexity index is 1320. The van der Waals surface area contributed by atoms with Gasteiger partial charge in [-0.05, 0) is 31.2 Å². The topological polar surface area (TPSA) is 102 Å². The Kier molecular flexibility index (Phi) is 6.33. The molecule has 1 aliphatic rings. The van der Waals surface area contributed by atoms with Crippen LogP contribution in [0.3, 0.4) is 0 Å². The van der Waals surface area contributed by atoms with Crippen molar-refractivity contribution in [3.8, 4) is 5.69 Å². The van der Waals surface area contributed by atoms with Gasteiger partial charge in [0, 0.05) is 24.2 Å². The van der Waals surface area contributed by atoms with E-state index in [9.17, 15) is 9.59 Å². The fourth-order valence-electron chi connectivity index (χ4n) is 3.74. The Morgan fingerprint density at radius 3 is 2.65 bits per heavy atom. The number of benzene rings is 2. The summed E-state index contributed by atoms with van der Waals surface area (Å²) < 4.78 is 13.0. The molecule has 9 nitrogen and oxygen atoms in total. The number of para-hydroxylation sites is 1. The normalized spacial score (nSPS) is 13.9. The smallest absolute Gasteiger partial charge is 0.291 e. The van der Waals surface area contributed by atoms with E-state index in [1.807, 2.05) is 54.0 Å². The van der Waals surface area contributed by atoms with Crippen molar-refractivity contribution >= 4 is 40.2 Å². The molecule has 0 aliphatic carbocycles. The average Bonchev–Trinajstić information content (AvgIpc) is 3.48. The van der Waals surface area contributed by atoms with E-state index in [-0.39, 0.29) is 23.3 Å². The van der Waals surface area contributed by atoms with E-state index in [0.29, 0.717) is 48.1 Å². The van der Waals surface area contributed by atoms with Crippen LogP contribution in [-0.4, -0.2) is 63.5 Å². The van der Waals surface area contributed by atoms with Crippen LogP contribution in [0, 0.1) is 6.92 Å². The van der Waals surface area contributed by atoms with Gasteiger partial charge in [-0.25, -0.2) is 0 Å². The minimum absolute atomic E-state index is 0.0925. The van der Waals surface area contributed by atoms with Crippen molar-refractivity contribution < 1.29 is 18.7 Å². The highest BCUT2D eigenvalue weighted by Crippen LogP contribution is 2.32. The molecule has 5 rings (SSSR count). The van der Waals surface area contributed by atoms with Gasteiger partial charge >= 0.3 is 0 Å². The first-order chi connectivity index (χ1) is 16.6. The number of hydrogen-bond donors (Lipinski definition) is 1. The highest BCUT2D eigenvalue weighted by Gasteiger charge is 2.27. The number of anilines is 1. The van der Waals surface area contributed by atoms with Gasteiger partial charge in [0.25, 0.3) is 5.91 Å². The van der Waals surface area contributed by atoms with Crippen molar-refractivity contribution in [2.75, 3.05) is 37.4 Å². The SMILES string of the molecule is Cc1ccc(-n2cnnc2SCC(=O)Nc2c(C(=O)N3CCOCC3)oc3ccccc23)cc1. The number of carbonyl (C=O) groups excluding carboxylic acids is 2. The van der Waals surface area contributed by atoms with Gasteiger partial charge in [0.15, 0.2) is 5.16 Å². The number of furan rings is 1. The van der Waals surface area contributed by atoms with E-state index in [2.05, 4.69) is 15.5 Å². The molecular formula is C24H23N5O4S. The molecule has 2 aromatic carbocycles. The fraction of sp³-hybridized carbons (Fsp3) is 0.250. The quantitative estimate of drug-likeness (QED) is 0.424. The van der Waals surface area contributed by atoms with E-state index < -0.39 is 0 Å². The van der Waals surface area contributed by atoms with Gasteiger partial charge in [-0.2, -0.15) is 0 Å². The van der Waals surface area contributed by atoms with Gasteiger partial charge in [-0.15, -0.1) is 10.2 Å². The summed E-state index contributed by atoms with van der Waals surface area (Å²) in [5.41, 5.74) is 3.00. The number of nitrogens with zero attached hydrogens (tertiary/aromatic N) is 4. The zero-order chi connectivity index (χ0) is 23.5. The lowest BCUT2D eigenvalue weighted by Gasteiger charge is -2.26. The Hall–Kier alpha value is -3.63. The molecule has 1 aliphatic heterocycles. The summed E-state index contributed by atoms with van der Waals surface area (Å²) in [5, 5.41) is 12.3. The van der Waals surface area contributed by atoms with Gasteiger partial charge in [0.05, 0.1) is 19.0 Å². The summed E-state index contributed by atoms with van der Waals surface area (Å²) >= 11 is 1.27. The Morgan fingerprint density at radius 1 is 1.09 bits per heavy atom. The van der Waals surface area contributed by atoms with E-state index >= 15 is 0 Å². The van der Waals surface area contributed by atoms with Crippen LogP contribution in [0.1, 0.15) is 16.1 Å². The second-order valence-electron chi connectivity index (χ2n) is 7.86. The monoisotopic (exact) mass is 477 g/mol. The van der Waals surface area contributed by atoms with Crippen molar-refractivity contribution in [1.82, 2.24) is 19.7 Å². The van der Waals surface area contributed by atoms with Gasteiger partial charge in [0.1, 0.15) is 17.6 Å². The van der Waals surface area contributed by atoms with Crippen LogP contribution < -0.4 is 5.32 Å². The Balaban J connectivity index is 1.34. The number of morpholine rings is 1. The largest absolute Gasteiger partial charge is 0.449 e. The second kappa shape index (κ2) is 9.70. The lowest BCUT2D eigenvalue weighted by atomic mass is 10.2. The van der Waals surface area contributed by atoms with Crippen LogP contribution in [0.4, 0.5) is 5.69 Å². The molecule has 0 spiro atoms. The molecular weight excluding hydrogens is 454 g/mol.